The molecule has 0 saturated heterocycles. The van der Waals surface area contributed by atoms with Gasteiger partial charge in [-0.1, -0.05) is 19.3 Å². The number of hydrogen-bond donors (Lipinski definition) is 2. The quantitative estimate of drug-likeness (QED) is 0.593. The molecule has 2 aromatic heterocycles. The van der Waals surface area contributed by atoms with Crippen LogP contribution < -0.4 is 15.4 Å². The molecular formula is C24H28N4O2. The van der Waals surface area contributed by atoms with Gasteiger partial charge in [-0.05, 0) is 62.1 Å². The first-order valence-corrected chi connectivity index (χ1v) is 10.7. The lowest BCUT2D eigenvalue weighted by Crippen LogP contribution is -2.28. The Bertz CT molecular complexity index is 1030. The van der Waals surface area contributed by atoms with Crippen LogP contribution in [-0.4, -0.2) is 29.0 Å². The highest BCUT2D eigenvalue weighted by Crippen LogP contribution is 2.29. The second kappa shape index (κ2) is 9.11. The van der Waals surface area contributed by atoms with Crippen molar-refractivity contribution >= 4 is 22.6 Å². The summed E-state index contributed by atoms with van der Waals surface area (Å²) in [6.07, 6.45) is 8.22. The largest absolute Gasteiger partial charge is 0.457 e. The van der Waals surface area contributed by atoms with Crippen LogP contribution in [0.5, 0.6) is 11.5 Å². The van der Waals surface area contributed by atoms with Crippen molar-refractivity contribution in [2.45, 2.75) is 45.1 Å². The maximum absolute atomic E-state index is 11.8. The van der Waals surface area contributed by atoms with Gasteiger partial charge in [-0.15, -0.1) is 0 Å². The van der Waals surface area contributed by atoms with Crippen molar-refractivity contribution in [3.05, 3.63) is 54.4 Å². The highest BCUT2D eigenvalue weighted by Gasteiger charge is 2.20. The van der Waals surface area contributed by atoms with Crippen LogP contribution in [-0.2, 0) is 0 Å². The average Bonchev–Trinajstić information content (AvgIpc) is 2.79. The number of nitrogens with zero attached hydrogens (tertiary/aromatic N) is 2. The number of hydrogen-bond acceptors (Lipinski definition) is 5. The molecule has 0 spiro atoms. The molecule has 4 rings (SSSR count). The molecule has 30 heavy (non-hydrogen) atoms. The molecule has 1 aliphatic rings. The summed E-state index contributed by atoms with van der Waals surface area (Å²) in [5.41, 5.74) is 1.24. The van der Waals surface area contributed by atoms with E-state index in [4.69, 9.17) is 9.72 Å². The Morgan fingerprint density at radius 3 is 2.67 bits per heavy atom. The maximum Gasteiger partial charge on any atom is 0.269 e. The van der Waals surface area contributed by atoms with Crippen LogP contribution >= 0.6 is 0 Å². The molecule has 1 saturated carbocycles. The van der Waals surface area contributed by atoms with E-state index in [2.05, 4.69) is 28.6 Å². The van der Waals surface area contributed by atoms with Crippen LogP contribution in [0.15, 0.2) is 48.7 Å². The second-order valence-electron chi connectivity index (χ2n) is 7.94. The van der Waals surface area contributed by atoms with Gasteiger partial charge in [0.1, 0.15) is 23.0 Å². The van der Waals surface area contributed by atoms with Gasteiger partial charge in [-0.3, -0.25) is 9.78 Å². The number of carbonyl (C=O) groups is 1. The summed E-state index contributed by atoms with van der Waals surface area (Å²) in [6.45, 7) is 2.26. The molecule has 0 unspecified atom stereocenters. The normalized spacial score (nSPS) is 15.5. The molecule has 156 valence electrons. The average molecular weight is 405 g/mol. The van der Waals surface area contributed by atoms with Gasteiger partial charge < -0.3 is 15.4 Å². The van der Waals surface area contributed by atoms with Gasteiger partial charge in [-0.2, -0.15) is 0 Å². The summed E-state index contributed by atoms with van der Waals surface area (Å²) in [5.74, 6) is 2.65. The Morgan fingerprint density at radius 2 is 1.87 bits per heavy atom. The summed E-state index contributed by atoms with van der Waals surface area (Å²) >= 11 is 0. The number of fused-ring (bicyclic) bond motifs is 1. The smallest absolute Gasteiger partial charge is 0.269 e. The van der Waals surface area contributed by atoms with E-state index in [1.807, 2.05) is 24.3 Å². The highest BCUT2D eigenvalue weighted by atomic mass is 16.5. The van der Waals surface area contributed by atoms with Crippen molar-refractivity contribution in [1.82, 2.24) is 15.3 Å². The van der Waals surface area contributed by atoms with E-state index in [0.29, 0.717) is 23.2 Å². The van der Waals surface area contributed by atoms with Crippen LogP contribution in [0.25, 0.3) is 10.9 Å². The third-order valence-electron chi connectivity index (χ3n) is 5.82. The van der Waals surface area contributed by atoms with Gasteiger partial charge >= 0.3 is 0 Å². The number of amides is 1. The minimum absolute atomic E-state index is 0.245. The molecule has 0 radical (unpaired) electrons. The van der Waals surface area contributed by atoms with E-state index >= 15 is 0 Å². The minimum atomic E-state index is -0.245. The first kappa shape index (κ1) is 20.1. The molecule has 1 aliphatic carbocycles. The molecule has 0 bridgehead atoms. The van der Waals surface area contributed by atoms with Crippen molar-refractivity contribution in [3.8, 4) is 11.5 Å². The summed E-state index contributed by atoms with van der Waals surface area (Å²) in [5, 5.41) is 7.16. The fraction of sp³-hybridized carbons (Fsp3) is 0.375. The Hall–Kier alpha value is -3.15. The number of nitrogens with one attached hydrogen (secondary N) is 2. The zero-order chi connectivity index (χ0) is 20.9. The van der Waals surface area contributed by atoms with E-state index < -0.39 is 0 Å². The molecule has 1 atom stereocenters. The lowest BCUT2D eigenvalue weighted by molar-refractivity contribution is 0.0958. The summed E-state index contributed by atoms with van der Waals surface area (Å²) < 4.78 is 5.93. The first-order chi connectivity index (χ1) is 14.6. The van der Waals surface area contributed by atoms with Crippen molar-refractivity contribution in [2.75, 3.05) is 12.4 Å². The number of aromatic nitrogens is 2. The van der Waals surface area contributed by atoms with Crippen LogP contribution in [0.4, 0.5) is 5.82 Å². The Kier molecular flexibility index (Phi) is 6.12. The van der Waals surface area contributed by atoms with Crippen LogP contribution in [0.2, 0.25) is 0 Å². The summed E-state index contributed by atoms with van der Waals surface area (Å²) in [7, 11) is 1.58. The molecule has 6 nitrogen and oxygen atoms in total. The van der Waals surface area contributed by atoms with Crippen LogP contribution in [0.3, 0.4) is 0 Å². The number of pyridine rings is 2. The lowest BCUT2D eigenvalue weighted by atomic mass is 9.84. The number of ether oxygens (including phenoxy) is 1. The molecule has 0 aliphatic heterocycles. The van der Waals surface area contributed by atoms with Crippen LogP contribution in [0, 0.1) is 5.92 Å². The molecule has 2 heterocycles. The van der Waals surface area contributed by atoms with Crippen molar-refractivity contribution in [1.29, 1.82) is 0 Å². The predicted octanol–water partition coefficient (Wildman–Crippen LogP) is 5.16. The number of carbonyl (C=O) groups excluding carboxylic acids is 1. The Labute approximate surface area is 177 Å². The van der Waals surface area contributed by atoms with E-state index in [-0.39, 0.29) is 5.91 Å². The monoisotopic (exact) mass is 404 g/mol. The third kappa shape index (κ3) is 4.70. The van der Waals surface area contributed by atoms with Gasteiger partial charge in [0.2, 0.25) is 0 Å². The van der Waals surface area contributed by atoms with Crippen molar-refractivity contribution < 1.29 is 9.53 Å². The molecule has 1 aromatic carbocycles. The van der Waals surface area contributed by atoms with E-state index in [1.54, 1.807) is 25.4 Å². The Morgan fingerprint density at radius 1 is 1.07 bits per heavy atom. The van der Waals surface area contributed by atoms with Gasteiger partial charge in [0.05, 0.1) is 5.52 Å². The highest BCUT2D eigenvalue weighted by molar-refractivity contribution is 5.92. The molecule has 1 fully saturated rings. The number of benzene rings is 1. The number of anilines is 1. The Balaban J connectivity index is 1.47. The standard InChI is InChI=1S/C24H28N4O2/c1-16(17-6-4-3-5-7-17)27-23-11-8-18-14-19(9-10-21(18)28-23)30-20-12-13-26-22(15-20)24(29)25-2/h8-17H,3-7H2,1-2H3,(H,25,29)(H,27,28)/t16-/m0/s1. The van der Waals surface area contributed by atoms with Gasteiger partial charge in [0.15, 0.2) is 0 Å². The topological polar surface area (TPSA) is 76.1 Å². The third-order valence-corrected chi connectivity index (χ3v) is 5.82. The van der Waals surface area contributed by atoms with Crippen molar-refractivity contribution in [3.63, 3.8) is 0 Å². The van der Waals surface area contributed by atoms with Gasteiger partial charge in [0.25, 0.3) is 5.91 Å². The van der Waals surface area contributed by atoms with Gasteiger partial charge in [0, 0.05) is 30.7 Å². The minimum Gasteiger partial charge on any atom is -0.457 e. The first-order valence-electron chi connectivity index (χ1n) is 10.7. The summed E-state index contributed by atoms with van der Waals surface area (Å²) in [4.78, 5) is 20.6. The fourth-order valence-electron chi connectivity index (χ4n) is 4.10. The van der Waals surface area contributed by atoms with E-state index in [9.17, 15) is 4.79 Å². The predicted molar refractivity (Wildman–Crippen MR) is 119 cm³/mol. The molecular weight excluding hydrogens is 376 g/mol. The van der Waals surface area contributed by atoms with Crippen LogP contribution in [0.1, 0.15) is 49.5 Å². The molecule has 1 amide bonds. The van der Waals surface area contributed by atoms with Crippen molar-refractivity contribution in [2.24, 2.45) is 5.92 Å². The maximum atomic E-state index is 11.8. The number of rotatable bonds is 6. The lowest BCUT2D eigenvalue weighted by Gasteiger charge is -2.28. The zero-order valence-corrected chi connectivity index (χ0v) is 17.5. The molecule has 6 heteroatoms. The van der Waals surface area contributed by atoms with Gasteiger partial charge in [-0.25, -0.2) is 4.98 Å². The second-order valence-corrected chi connectivity index (χ2v) is 7.94. The molecule has 2 N–H and O–H groups in total. The fourth-order valence-corrected chi connectivity index (χ4v) is 4.10. The van der Waals surface area contributed by atoms with E-state index in [1.165, 1.54) is 32.1 Å². The van der Waals surface area contributed by atoms with E-state index in [0.717, 1.165) is 22.6 Å². The SMILES string of the molecule is CNC(=O)c1cc(Oc2ccc3nc(N[C@@H](C)C4CCCCC4)ccc3c2)ccn1. The zero-order valence-electron chi connectivity index (χ0n) is 17.5. The summed E-state index contributed by atoms with van der Waals surface area (Å²) in [6, 6.07) is 13.7. The molecule has 3 aromatic rings.